The van der Waals surface area contributed by atoms with Crippen molar-refractivity contribution in [2.45, 2.75) is 56.1 Å². The third-order valence-electron chi connectivity index (χ3n) is 6.84. The van der Waals surface area contributed by atoms with Gasteiger partial charge in [-0.15, -0.1) is 0 Å². The van der Waals surface area contributed by atoms with Crippen molar-refractivity contribution in [3.05, 3.63) is 93.4 Å². The van der Waals surface area contributed by atoms with Gasteiger partial charge in [0, 0.05) is 21.5 Å². The Balaban J connectivity index is 1.67. The molecule has 4 rings (SSSR count). The predicted molar refractivity (Wildman–Crippen MR) is 160 cm³/mol. The number of amides is 2. The molecular formula is C29H31Br2N3O4S. The molecule has 0 spiro atoms. The van der Waals surface area contributed by atoms with Crippen molar-refractivity contribution in [1.82, 2.24) is 10.2 Å². The summed E-state index contributed by atoms with van der Waals surface area (Å²) in [6.45, 7) is 1.38. The maximum absolute atomic E-state index is 14.0. The Morgan fingerprint density at radius 1 is 0.923 bits per heavy atom. The van der Waals surface area contributed by atoms with Crippen LogP contribution in [0.1, 0.15) is 38.2 Å². The highest BCUT2D eigenvalue weighted by atomic mass is 79.9. The Morgan fingerprint density at radius 3 is 2.23 bits per heavy atom. The Bertz CT molecular complexity index is 1400. The lowest BCUT2D eigenvalue weighted by molar-refractivity contribution is -0.139. The summed E-state index contributed by atoms with van der Waals surface area (Å²) < 4.78 is 30.2. The number of hydrogen-bond donors (Lipinski definition) is 1. The van der Waals surface area contributed by atoms with E-state index in [1.165, 1.54) is 17.0 Å². The molecule has 1 aliphatic rings. The predicted octanol–water partition coefficient (Wildman–Crippen LogP) is 5.88. The average molecular weight is 677 g/mol. The maximum atomic E-state index is 14.0. The summed E-state index contributed by atoms with van der Waals surface area (Å²) >= 11 is 6.84. The summed E-state index contributed by atoms with van der Waals surface area (Å²) in [5.74, 6) is -0.723. The molecule has 0 radical (unpaired) electrons. The highest BCUT2D eigenvalue weighted by molar-refractivity contribution is 9.10. The van der Waals surface area contributed by atoms with Gasteiger partial charge in [-0.2, -0.15) is 0 Å². The van der Waals surface area contributed by atoms with Gasteiger partial charge in [-0.25, -0.2) is 8.42 Å². The molecule has 3 aromatic rings. The van der Waals surface area contributed by atoms with E-state index in [0.29, 0.717) is 10.2 Å². The molecule has 3 aromatic carbocycles. The number of rotatable bonds is 10. The van der Waals surface area contributed by atoms with Crippen LogP contribution in [0.4, 0.5) is 5.69 Å². The fraction of sp³-hybridized carbons (Fsp3) is 0.310. The minimum atomic E-state index is -4.08. The molecule has 0 bridgehead atoms. The van der Waals surface area contributed by atoms with Crippen molar-refractivity contribution in [2.75, 3.05) is 10.8 Å². The van der Waals surface area contributed by atoms with Crippen LogP contribution >= 0.6 is 31.9 Å². The number of carbonyl (C=O) groups excluding carboxylic acids is 2. The minimum Gasteiger partial charge on any atom is -0.352 e. The molecule has 0 heterocycles. The Labute approximate surface area is 246 Å². The molecule has 1 atom stereocenters. The van der Waals surface area contributed by atoms with E-state index in [0.717, 1.165) is 40.0 Å². The maximum Gasteiger partial charge on any atom is 0.264 e. The van der Waals surface area contributed by atoms with Crippen LogP contribution in [0, 0.1) is 0 Å². The van der Waals surface area contributed by atoms with E-state index in [9.17, 15) is 18.0 Å². The average Bonchev–Trinajstić information content (AvgIpc) is 3.44. The number of benzene rings is 3. The summed E-state index contributed by atoms with van der Waals surface area (Å²) in [5.41, 5.74) is 1.17. The molecule has 0 aliphatic heterocycles. The molecule has 0 saturated heterocycles. The largest absolute Gasteiger partial charge is 0.352 e. The van der Waals surface area contributed by atoms with Gasteiger partial charge in [0.2, 0.25) is 11.8 Å². The van der Waals surface area contributed by atoms with Gasteiger partial charge in [-0.3, -0.25) is 13.9 Å². The van der Waals surface area contributed by atoms with Crippen LogP contribution in [0.5, 0.6) is 0 Å². The number of carbonyl (C=O) groups is 2. The first-order valence-corrected chi connectivity index (χ1v) is 15.9. The summed E-state index contributed by atoms with van der Waals surface area (Å²) in [5, 5.41) is 3.08. The van der Waals surface area contributed by atoms with Gasteiger partial charge in [0.1, 0.15) is 12.6 Å². The second-order valence-electron chi connectivity index (χ2n) is 9.62. The number of nitrogens with zero attached hydrogens (tertiary/aromatic N) is 2. The van der Waals surface area contributed by atoms with Gasteiger partial charge >= 0.3 is 0 Å². The molecule has 2 amide bonds. The molecular weight excluding hydrogens is 646 g/mol. The third kappa shape index (κ3) is 7.49. The van der Waals surface area contributed by atoms with E-state index < -0.39 is 28.5 Å². The van der Waals surface area contributed by atoms with Crippen LogP contribution in [-0.4, -0.2) is 43.8 Å². The first kappa shape index (κ1) is 29.3. The molecule has 39 heavy (non-hydrogen) atoms. The zero-order valence-electron chi connectivity index (χ0n) is 21.6. The normalized spacial score (nSPS) is 14.5. The van der Waals surface area contributed by atoms with E-state index in [4.69, 9.17) is 0 Å². The van der Waals surface area contributed by atoms with Gasteiger partial charge in [-0.05, 0) is 67.8 Å². The standard InChI is InChI=1S/C29H31Br2N3O4S/c1-21(29(36)32-25-9-5-6-10-25)33(19-22-14-16-23(30)17-15-22)28(35)20-34(26-11-7-8-24(31)18-26)39(37,38)27-12-3-2-4-13-27/h2-4,7-8,11-18,21,25H,5-6,9-10,19-20H2,1H3,(H,32,36)/t21-/m1/s1. The quantitative estimate of drug-likeness (QED) is 0.291. The molecule has 0 aromatic heterocycles. The second-order valence-corrected chi connectivity index (χ2v) is 13.3. The Hall–Kier alpha value is -2.69. The number of nitrogens with one attached hydrogen (secondary N) is 1. The number of sulfonamides is 1. The van der Waals surface area contributed by atoms with E-state index in [-0.39, 0.29) is 23.4 Å². The zero-order chi connectivity index (χ0) is 28.0. The molecule has 206 valence electrons. The van der Waals surface area contributed by atoms with Gasteiger partial charge in [0.15, 0.2) is 0 Å². The first-order chi connectivity index (χ1) is 18.6. The van der Waals surface area contributed by atoms with Crippen molar-refractivity contribution in [1.29, 1.82) is 0 Å². The molecule has 0 unspecified atom stereocenters. The van der Waals surface area contributed by atoms with Crippen molar-refractivity contribution in [3.8, 4) is 0 Å². The molecule has 1 N–H and O–H groups in total. The van der Waals surface area contributed by atoms with Crippen LogP contribution in [0.15, 0.2) is 92.7 Å². The van der Waals surface area contributed by atoms with E-state index in [1.54, 1.807) is 49.4 Å². The van der Waals surface area contributed by atoms with Gasteiger partial charge in [-0.1, -0.05) is 81.1 Å². The topological polar surface area (TPSA) is 86.8 Å². The van der Waals surface area contributed by atoms with Crippen LogP contribution in [0.25, 0.3) is 0 Å². The van der Waals surface area contributed by atoms with Crippen molar-refractivity contribution in [2.24, 2.45) is 0 Å². The Morgan fingerprint density at radius 2 is 1.59 bits per heavy atom. The number of anilines is 1. The molecule has 1 aliphatic carbocycles. The summed E-state index contributed by atoms with van der Waals surface area (Å²) in [7, 11) is -4.08. The molecule has 1 saturated carbocycles. The minimum absolute atomic E-state index is 0.0734. The second kappa shape index (κ2) is 13.1. The fourth-order valence-electron chi connectivity index (χ4n) is 4.64. The van der Waals surface area contributed by atoms with Crippen molar-refractivity contribution in [3.63, 3.8) is 0 Å². The van der Waals surface area contributed by atoms with Gasteiger partial charge < -0.3 is 10.2 Å². The fourth-order valence-corrected chi connectivity index (χ4v) is 6.72. The van der Waals surface area contributed by atoms with Crippen LogP contribution in [0.3, 0.4) is 0 Å². The molecule has 10 heteroatoms. The SMILES string of the molecule is C[C@H](C(=O)NC1CCCC1)N(Cc1ccc(Br)cc1)C(=O)CN(c1cccc(Br)c1)S(=O)(=O)c1ccccc1. The van der Waals surface area contributed by atoms with Crippen LogP contribution < -0.4 is 9.62 Å². The van der Waals surface area contributed by atoms with Crippen molar-refractivity contribution >= 4 is 59.4 Å². The lowest BCUT2D eigenvalue weighted by Gasteiger charge is -2.32. The summed E-state index contributed by atoms with van der Waals surface area (Å²) in [6.07, 6.45) is 3.98. The lowest BCUT2D eigenvalue weighted by Crippen LogP contribution is -2.52. The van der Waals surface area contributed by atoms with E-state index >= 15 is 0 Å². The monoisotopic (exact) mass is 675 g/mol. The lowest BCUT2D eigenvalue weighted by atomic mass is 10.1. The van der Waals surface area contributed by atoms with E-state index in [1.807, 2.05) is 24.3 Å². The first-order valence-electron chi connectivity index (χ1n) is 12.8. The smallest absolute Gasteiger partial charge is 0.264 e. The summed E-state index contributed by atoms with van der Waals surface area (Å²) in [4.78, 5) is 28.8. The molecule has 1 fully saturated rings. The van der Waals surface area contributed by atoms with E-state index in [2.05, 4.69) is 37.2 Å². The third-order valence-corrected chi connectivity index (χ3v) is 9.65. The highest BCUT2D eigenvalue weighted by Gasteiger charge is 2.33. The van der Waals surface area contributed by atoms with Crippen LogP contribution in [0.2, 0.25) is 0 Å². The molecule has 7 nitrogen and oxygen atoms in total. The summed E-state index contributed by atoms with van der Waals surface area (Å²) in [6, 6.07) is 21.6. The van der Waals surface area contributed by atoms with Crippen LogP contribution in [-0.2, 0) is 26.2 Å². The number of halogens is 2. The van der Waals surface area contributed by atoms with Gasteiger partial charge in [0.25, 0.3) is 10.0 Å². The van der Waals surface area contributed by atoms with Crippen molar-refractivity contribution < 1.29 is 18.0 Å². The number of hydrogen-bond acceptors (Lipinski definition) is 4. The Kier molecular flexibility index (Phi) is 9.85. The highest BCUT2D eigenvalue weighted by Crippen LogP contribution is 2.27. The zero-order valence-corrected chi connectivity index (χ0v) is 25.6. The van der Waals surface area contributed by atoms with Gasteiger partial charge in [0.05, 0.1) is 10.6 Å².